The number of benzene rings is 1. The Labute approximate surface area is 120 Å². The molecule has 0 saturated carbocycles. The van der Waals surface area contributed by atoms with Gasteiger partial charge >= 0.3 is 0 Å². The van der Waals surface area contributed by atoms with Crippen LogP contribution in [-0.2, 0) is 0 Å². The van der Waals surface area contributed by atoms with Crippen molar-refractivity contribution in [3.05, 3.63) is 23.8 Å². The molecular formula is C16H23NO3. The van der Waals surface area contributed by atoms with Crippen LogP contribution in [0.15, 0.2) is 18.2 Å². The largest absolute Gasteiger partial charge is 0.497 e. The molecule has 20 heavy (non-hydrogen) atoms. The average Bonchev–Trinajstić information content (AvgIpc) is 2.96. The molecule has 1 aromatic carbocycles. The van der Waals surface area contributed by atoms with Gasteiger partial charge < -0.3 is 14.8 Å². The number of ether oxygens (including phenoxy) is 2. The SMILES string of the molecule is CCCC1(C(=O)c2ccc(OC)cc2OC)CCCN1. The van der Waals surface area contributed by atoms with Gasteiger partial charge in [0, 0.05) is 6.07 Å². The molecule has 1 aliphatic heterocycles. The van der Waals surface area contributed by atoms with Gasteiger partial charge in [0.15, 0.2) is 5.78 Å². The number of methoxy groups -OCH3 is 2. The highest BCUT2D eigenvalue weighted by atomic mass is 16.5. The van der Waals surface area contributed by atoms with Crippen molar-refractivity contribution in [3.8, 4) is 11.5 Å². The summed E-state index contributed by atoms with van der Waals surface area (Å²) in [6.45, 7) is 3.02. The maximum absolute atomic E-state index is 13.0. The molecule has 1 heterocycles. The van der Waals surface area contributed by atoms with Crippen LogP contribution in [-0.4, -0.2) is 32.1 Å². The van der Waals surface area contributed by atoms with E-state index in [1.165, 1.54) is 0 Å². The predicted octanol–water partition coefficient (Wildman–Crippen LogP) is 2.81. The third kappa shape index (κ3) is 2.66. The zero-order valence-electron chi connectivity index (χ0n) is 12.5. The molecule has 1 atom stereocenters. The van der Waals surface area contributed by atoms with Gasteiger partial charge in [0.25, 0.3) is 0 Å². The molecule has 4 heteroatoms. The molecule has 0 bridgehead atoms. The summed E-state index contributed by atoms with van der Waals surface area (Å²) in [5.74, 6) is 1.41. The van der Waals surface area contributed by atoms with Gasteiger partial charge in [-0.1, -0.05) is 13.3 Å². The fraction of sp³-hybridized carbons (Fsp3) is 0.562. The Balaban J connectivity index is 2.36. The minimum absolute atomic E-state index is 0.136. The minimum Gasteiger partial charge on any atom is -0.497 e. The van der Waals surface area contributed by atoms with Crippen LogP contribution in [0.3, 0.4) is 0 Å². The van der Waals surface area contributed by atoms with Gasteiger partial charge in [0.05, 0.1) is 25.3 Å². The number of nitrogens with one attached hydrogen (secondary N) is 1. The lowest BCUT2D eigenvalue weighted by molar-refractivity contribution is 0.0854. The van der Waals surface area contributed by atoms with Crippen molar-refractivity contribution in [1.82, 2.24) is 5.32 Å². The van der Waals surface area contributed by atoms with Crippen molar-refractivity contribution in [3.63, 3.8) is 0 Å². The molecule has 1 saturated heterocycles. The third-order valence-electron chi connectivity index (χ3n) is 4.01. The highest BCUT2D eigenvalue weighted by molar-refractivity contribution is 6.05. The quantitative estimate of drug-likeness (QED) is 0.812. The molecular weight excluding hydrogens is 254 g/mol. The maximum atomic E-state index is 13.0. The Bertz CT molecular complexity index is 479. The van der Waals surface area contributed by atoms with E-state index in [1.54, 1.807) is 26.4 Å². The lowest BCUT2D eigenvalue weighted by atomic mass is 9.83. The summed E-state index contributed by atoms with van der Waals surface area (Å²) < 4.78 is 10.5. The second-order valence-electron chi connectivity index (χ2n) is 5.26. The molecule has 0 radical (unpaired) electrons. The van der Waals surface area contributed by atoms with Crippen LogP contribution < -0.4 is 14.8 Å². The van der Waals surface area contributed by atoms with Crippen LogP contribution in [0, 0.1) is 0 Å². The first-order valence-corrected chi connectivity index (χ1v) is 7.18. The number of carbonyl (C=O) groups is 1. The molecule has 2 rings (SSSR count). The third-order valence-corrected chi connectivity index (χ3v) is 4.01. The average molecular weight is 277 g/mol. The van der Waals surface area contributed by atoms with Gasteiger partial charge in [-0.3, -0.25) is 4.79 Å². The summed E-state index contributed by atoms with van der Waals surface area (Å²) in [5.41, 5.74) is 0.215. The molecule has 0 spiro atoms. The molecule has 1 aliphatic rings. The van der Waals surface area contributed by atoms with Crippen molar-refractivity contribution >= 4 is 5.78 Å². The Morgan fingerprint density at radius 3 is 2.70 bits per heavy atom. The lowest BCUT2D eigenvalue weighted by Crippen LogP contribution is -2.47. The van der Waals surface area contributed by atoms with E-state index >= 15 is 0 Å². The molecule has 0 amide bonds. The van der Waals surface area contributed by atoms with Crippen LogP contribution in [0.2, 0.25) is 0 Å². The molecule has 0 aromatic heterocycles. The van der Waals surface area contributed by atoms with Crippen LogP contribution in [0.25, 0.3) is 0 Å². The standard InChI is InChI=1S/C16H23NO3/c1-4-8-16(9-5-10-17-16)15(18)13-7-6-12(19-2)11-14(13)20-3/h6-7,11,17H,4-5,8-10H2,1-3H3. The van der Waals surface area contributed by atoms with Crippen LogP contribution in [0.4, 0.5) is 0 Å². The highest BCUT2D eigenvalue weighted by Crippen LogP contribution is 2.33. The number of ketones is 1. The summed E-state index contributed by atoms with van der Waals surface area (Å²) in [5, 5.41) is 3.41. The van der Waals surface area contributed by atoms with Gasteiger partial charge in [-0.15, -0.1) is 0 Å². The van der Waals surface area contributed by atoms with E-state index in [4.69, 9.17) is 9.47 Å². The van der Waals surface area contributed by atoms with E-state index in [0.29, 0.717) is 17.1 Å². The van der Waals surface area contributed by atoms with Crippen molar-refractivity contribution in [2.45, 2.75) is 38.1 Å². The molecule has 4 nitrogen and oxygen atoms in total. The number of hydrogen-bond acceptors (Lipinski definition) is 4. The topological polar surface area (TPSA) is 47.6 Å². The van der Waals surface area contributed by atoms with E-state index in [2.05, 4.69) is 12.2 Å². The molecule has 1 aromatic rings. The first kappa shape index (κ1) is 14.9. The first-order chi connectivity index (χ1) is 9.66. The van der Waals surface area contributed by atoms with E-state index < -0.39 is 5.54 Å². The van der Waals surface area contributed by atoms with Gasteiger partial charge in [-0.25, -0.2) is 0 Å². The number of hydrogen-bond donors (Lipinski definition) is 1. The first-order valence-electron chi connectivity index (χ1n) is 7.18. The monoisotopic (exact) mass is 277 g/mol. The van der Waals surface area contributed by atoms with Crippen LogP contribution in [0.1, 0.15) is 43.0 Å². The normalized spacial score (nSPS) is 21.8. The second-order valence-corrected chi connectivity index (χ2v) is 5.26. The lowest BCUT2D eigenvalue weighted by Gasteiger charge is -2.28. The second kappa shape index (κ2) is 6.27. The zero-order valence-corrected chi connectivity index (χ0v) is 12.5. The summed E-state index contributed by atoms with van der Waals surface area (Å²) in [7, 11) is 3.19. The fourth-order valence-electron chi connectivity index (χ4n) is 3.00. The summed E-state index contributed by atoms with van der Waals surface area (Å²) in [6.07, 6.45) is 3.79. The highest BCUT2D eigenvalue weighted by Gasteiger charge is 2.41. The Hall–Kier alpha value is -1.55. The summed E-state index contributed by atoms with van der Waals surface area (Å²) >= 11 is 0. The Morgan fingerprint density at radius 2 is 2.15 bits per heavy atom. The summed E-state index contributed by atoms with van der Waals surface area (Å²) in [4.78, 5) is 13.0. The van der Waals surface area contributed by atoms with E-state index in [0.717, 1.165) is 32.2 Å². The van der Waals surface area contributed by atoms with Gasteiger partial charge in [-0.05, 0) is 37.9 Å². The van der Waals surface area contributed by atoms with Gasteiger partial charge in [0.2, 0.25) is 0 Å². The van der Waals surface area contributed by atoms with E-state index in [9.17, 15) is 4.79 Å². The van der Waals surface area contributed by atoms with Gasteiger partial charge in [0.1, 0.15) is 11.5 Å². The van der Waals surface area contributed by atoms with E-state index in [-0.39, 0.29) is 5.78 Å². The maximum Gasteiger partial charge on any atom is 0.186 e. The molecule has 110 valence electrons. The zero-order chi connectivity index (χ0) is 14.6. The molecule has 1 fully saturated rings. The summed E-state index contributed by atoms with van der Waals surface area (Å²) in [6, 6.07) is 5.38. The number of Topliss-reactive ketones (excluding diaryl/α,β-unsaturated/α-hetero) is 1. The number of rotatable bonds is 6. The minimum atomic E-state index is -0.420. The molecule has 0 aliphatic carbocycles. The van der Waals surface area contributed by atoms with Crippen molar-refractivity contribution in [2.75, 3.05) is 20.8 Å². The predicted molar refractivity (Wildman–Crippen MR) is 78.8 cm³/mol. The fourth-order valence-corrected chi connectivity index (χ4v) is 3.00. The van der Waals surface area contributed by atoms with Gasteiger partial charge in [-0.2, -0.15) is 0 Å². The Kier molecular flexibility index (Phi) is 4.65. The smallest absolute Gasteiger partial charge is 0.186 e. The Morgan fingerprint density at radius 1 is 1.35 bits per heavy atom. The molecule has 1 unspecified atom stereocenters. The number of carbonyl (C=O) groups excluding carboxylic acids is 1. The van der Waals surface area contributed by atoms with Crippen molar-refractivity contribution in [1.29, 1.82) is 0 Å². The van der Waals surface area contributed by atoms with Crippen LogP contribution in [0.5, 0.6) is 11.5 Å². The molecule has 1 N–H and O–H groups in total. The van der Waals surface area contributed by atoms with Crippen molar-refractivity contribution < 1.29 is 14.3 Å². The van der Waals surface area contributed by atoms with Crippen molar-refractivity contribution in [2.24, 2.45) is 0 Å². The van der Waals surface area contributed by atoms with E-state index in [1.807, 2.05) is 6.07 Å². The van der Waals surface area contributed by atoms with Crippen LogP contribution >= 0.6 is 0 Å².